The summed E-state index contributed by atoms with van der Waals surface area (Å²) >= 11 is 3.38. The van der Waals surface area contributed by atoms with Gasteiger partial charge >= 0.3 is 0 Å². The Morgan fingerprint density at radius 3 is 3.06 bits per heavy atom. The van der Waals surface area contributed by atoms with Crippen LogP contribution < -0.4 is 5.32 Å². The summed E-state index contributed by atoms with van der Waals surface area (Å²) in [5.41, 5.74) is 1.85. The maximum atomic E-state index is 11.8. The minimum Gasteiger partial charge on any atom is -0.324 e. The molecule has 1 amide bonds. The molecule has 2 aromatic rings. The van der Waals surface area contributed by atoms with E-state index in [1.807, 2.05) is 25.1 Å². The van der Waals surface area contributed by atoms with Crippen molar-refractivity contribution in [2.45, 2.75) is 13.5 Å². The highest BCUT2D eigenvalue weighted by molar-refractivity contribution is 9.10. The summed E-state index contributed by atoms with van der Waals surface area (Å²) in [6, 6.07) is 7.57. The Balaban J connectivity index is 2.05. The molecule has 0 aliphatic heterocycles. The molecule has 1 N–H and O–H groups in total. The van der Waals surface area contributed by atoms with Crippen LogP contribution in [0.15, 0.2) is 41.1 Å². The molecule has 0 bridgehead atoms. The van der Waals surface area contributed by atoms with Gasteiger partial charge in [-0.25, -0.2) is 0 Å². The first-order valence-corrected chi connectivity index (χ1v) is 5.98. The second kappa shape index (κ2) is 5.14. The number of hydrogen-bond acceptors (Lipinski definition) is 2. The van der Waals surface area contributed by atoms with E-state index in [1.165, 1.54) is 0 Å². The molecule has 0 unspecified atom stereocenters. The van der Waals surface area contributed by atoms with Crippen LogP contribution in [0.4, 0.5) is 5.69 Å². The zero-order chi connectivity index (χ0) is 12.3. The number of aromatic nitrogens is 2. The lowest BCUT2D eigenvalue weighted by Gasteiger charge is -2.08. The van der Waals surface area contributed by atoms with Crippen molar-refractivity contribution in [3.8, 4) is 0 Å². The van der Waals surface area contributed by atoms with Crippen molar-refractivity contribution >= 4 is 27.5 Å². The monoisotopic (exact) mass is 293 g/mol. The molecule has 1 aromatic carbocycles. The van der Waals surface area contributed by atoms with E-state index in [4.69, 9.17) is 0 Å². The van der Waals surface area contributed by atoms with Crippen molar-refractivity contribution in [3.63, 3.8) is 0 Å². The molecule has 2 rings (SSSR count). The van der Waals surface area contributed by atoms with Gasteiger partial charge in [-0.15, -0.1) is 0 Å². The molecule has 88 valence electrons. The van der Waals surface area contributed by atoms with Gasteiger partial charge in [0, 0.05) is 22.6 Å². The van der Waals surface area contributed by atoms with Gasteiger partial charge in [0.25, 0.3) is 0 Å². The molecule has 5 heteroatoms. The number of hydrogen-bond donors (Lipinski definition) is 1. The van der Waals surface area contributed by atoms with Crippen LogP contribution in [0.3, 0.4) is 0 Å². The second-order valence-corrected chi connectivity index (χ2v) is 4.63. The van der Waals surface area contributed by atoms with Crippen LogP contribution in [-0.4, -0.2) is 15.7 Å². The molecule has 4 nitrogen and oxygen atoms in total. The smallest absolute Gasteiger partial charge is 0.246 e. The first-order valence-electron chi connectivity index (χ1n) is 5.18. The minimum absolute atomic E-state index is 0.0881. The third-order valence-electron chi connectivity index (χ3n) is 2.34. The Morgan fingerprint density at radius 2 is 2.35 bits per heavy atom. The summed E-state index contributed by atoms with van der Waals surface area (Å²) in [5.74, 6) is -0.0881. The fraction of sp³-hybridized carbons (Fsp3) is 0.167. The molecule has 1 aromatic heterocycles. The van der Waals surface area contributed by atoms with E-state index in [9.17, 15) is 4.79 Å². The minimum atomic E-state index is -0.0881. The largest absolute Gasteiger partial charge is 0.324 e. The number of anilines is 1. The molecule has 17 heavy (non-hydrogen) atoms. The van der Waals surface area contributed by atoms with Crippen molar-refractivity contribution in [3.05, 3.63) is 46.7 Å². The van der Waals surface area contributed by atoms with Crippen molar-refractivity contribution in [1.82, 2.24) is 9.78 Å². The lowest BCUT2D eigenvalue weighted by atomic mass is 10.2. The summed E-state index contributed by atoms with van der Waals surface area (Å²) in [5, 5.41) is 6.84. The van der Waals surface area contributed by atoms with Crippen LogP contribution in [0.25, 0.3) is 0 Å². The maximum absolute atomic E-state index is 11.8. The molecule has 0 aliphatic carbocycles. The lowest BCUT2D eigenvalue weighted by molar-refractivity contribution is -0.116. The number of nitrogens with zero attached hydrogens (tertiary/aromatic N) is 2. The first-order chi connectivity index (χ1) is 8.15. The molecule has 0 aliphatic rings. The van der Waals surface area contributed by atoms with Gasteiger partial charge in [-0.2, -0.15) is 5.10 Å². The maximum Gasteiger partial charge on any atom is 0.246 e. The number of halogens is 1. The average Bonchev–Trinajstić information content (AvgIpc) is 2.76. The predicted octanol–water partition coefficient (Wildman–Crippen LogP) is 2.59. The van der Waals surface area contributed by atoms with Gasteiger partial charge in [-0.3, -0.25) is 9.48 Å². The average molecular weight is 294 g/mol. The zero-order valence-electron chi connectivity index (χ0n) is 9.35. The Hall–Kier alpha value is -1.62. The van der Waals surface area contributed by atoms with E-state index < -0.39 is 0 Å². The van der Waals surface area contributed by atoms with E-state index in [0.29, 0.717) is 0 Å². The lowest BCUT2D eigenvalue weighted by Crippen LogP contribution is -2.19. The van der Waals surface area contributed by atoms with Crippen molar-refractivity contribution in [2.24, 2.45) is 0 Å². The van der Waals surface area contributed by atoms with Crippen LogP contribution in [0.2, 0.25) is 0 Å². The molecule has 0 saturated carbocycles. The Labute approximate surface area is 108 Å². The van der Waals surface area contributed by atoms with Gasteiger partial charge in [0.2, 0.25) is 5.91 Å². The van der Waals surface area contributed by atoms with Gasteiger partial charge in [0.05, 0.1) is 0 Å². The summed E-state index contributed by atoms with van der Waals surface area (Å²) in [4.78, 5) is 11.8. The van der Waals surface area contributed by atoms with Crippen molar-refractivity contribution in [1.29, 1.82) is 0 Å². The van der Waals surface area contributed by atoms with Crippen LogP contribution >= 0.6 is 15.9 Å². The quantitative estimate of drug-likeness (QED) is 0.945. The fourth-order valence-corrected chi connectivity index (χ4v) is 1.82. The first kappa shape index (κ1) is 11.9. The van der Waals surface area contributed by atoms with Gasteiger partial charge < -0.3 is 5.32 Å². The second-order valence-electron chi connectivity index (χ2n) is 3.71. The van der Waals surface area contributed by atoms with Gasteiger partial charge in [-0.05, 0) is 30.7 Å². The van der Waals surface area contributed by atoms with Crippen LogP contribution in [0, 0.1) is 6.92 Å². The highest BCUT2D eigenvalue weighted by Crippen LogP contribution is 2.20. The molecule has 0 radical (unpaired) electrons. The normalized spacial score (nSPS) is 10.2. The topological polar surface area (TPSA) is 46.9 Å². The summed E-state index contributed by atoms with van der Waals surface area (Å²) in [6.07, 6.45) is 3.41. The van der Waals surface area contributed by atoms with E-state index >= 15 is 0 Å². The third kappa shape index (κ3) is 3.17. The molecule has 0 fully saturated rings. The number of aryl methyl sites for hydroxylation is 1. The number of amides is 1. The predicted molar refractivity (Wildman–Crippen MR) is 69.7 cm³/mol. The highest BCUT2D eigenvalue weighted by atomic mass is 79.9. The summed E-state index contributed by atoms with van der Waals surface area (Å²) in [7, 11) is 0. The number of nitrogens with one attached hydrogen (secondary N) is 1. The molecule has 0 atom stereocenters. The van der Waals surface area contributed by atoms with Crippen molar-refractivity contribution in [2.75, 3.05) is 5.32 Å². The molecular weight excluding hydrogens is 282 g/mol. The third-order valence-corrected chi connectivity index (χ3v) is 2.83. The number of rotatable bonds is 3. The van der Waals surface area contributed by atoms with Gasteiger partial charge in [-0.1, -0.05) is 22.0 Å². The number of benzene rings is 1. The van der Waals surface area contributed by atoms with Crippen LogP contribution in [-0.2, 0) is 11.3 Å². The van der Waals surface area contributed by atoms with E-state index in [0.717, 1.165) is 15.7 Å². The summed E-state index contributed by atoms with van der Waals surface area (Å²) < 4.78 is 2.53. The van der Waals surface area contributed by atoms with Gasteiger partial charge in [0.1, 0.15) is 6.54 Å². The van der Waals surface area contributed by atoms with E-state index in [1.54, 1.807) is 23.1 Å². The Kier molecular flexibility index (Phi) is 3.58. The Morgan fingerprint density at radius 1 is 1.53 bits per heavy atom. The van der Waals surface area contributed by atoms with Crippen molar-refractivity contribution < 1.29 is 4.79 Å². The summed E-state index contributed by atoms with van der Waals surface area (Å²) in [6.45, 7) is 2.18. The van der Waals surface area contributed by atoms with E-state index in [-0.39, 0.29) is 12.5 Å². The highest BCUT2D eigenvalue weighted by Gasteiger charge is 2.06. The van der Waals surface area contributed by atoms with Crippen LogP contribution in [0.5, 0.6) is 0 Å². The standard InChI is InChI=1S/C12H12BrN3O/c1-9-3-4-10(13)7-11(9)15-12(17)8-16-6-2-5-14-16/h2-7H,8H2,1H3,(H,15,17). The molecule has 0 saturated heterocycles. The molecule has 1 heterocycles. The van der Waals surface area contributed by atoms with Crippen LogP contribution in [0.1, 0.15) is 5.56 Å². The fourth-order valence-electron chi connectivity index (χ4n) is 1.46. The SMILES string of the molecule is Cc1ccc(Br)cc1NC(=O)Cn1cccn1. The number of carbonyl (C=O) groups excluding carboxylic acids is 1. The van der Waals surface area contributed by atoms with E-state index in [2.05, 4.69) is 26.3 Å². The zero-order valence-corrected chi connectivity index (χ0v) is 10.9. The number of carbonyl (C=O) groups is 1. The molecular formula is C12H12BrN3O. The Bertz CT molecular complexity index is 523. The molecule has 0 spiro atoms. The van der Waals surface area contributed by atoms with Gasteiger partial charge in [0.15, 0.2) is 0 Å².